The molecule has 3 aromatic carbocycles. The molecule has 0 saturated carbocycles. The Balaban J connectivity index is 2.07. The van der Waals surface area contributed by atoms with E-state index < -0.39 is 5.92 Å². The van der Waals surface area contributed by atoms with E-state index in [4.69, 9.17) is 9.47 Å². The lowest BCUT2D eigenvalue weighted by Crippen LogP contribution is -2.15. The van der Waals surface area contributed by atoms with Crippen LogP contribution in [0.25, 0.3) is 10.8 Å². The van der Waals surface area contributed by atoms with Gasteiger partial charge < -0.3 is 9.47 Å². The van der Waals surface area contributed by atoms with Gasteiger partial charge in [-0.2, -0.15) is 0 Å². The minimum Gasteiger partial charge on any atom is -0.497 e. The molecule has 0 aliphatic heterocycles. The van der Waals surface area contributed by atoms with Crippen molar-refractivity contribution in [2.45, 2.75) is 5.92 Å². The lowest BCUT2D eigenvalue weighted by Gasteiger charge is -2.16. The van der Waals surface area contributed by atoms with Gasteiger partial charge in [0.05, 0.1) is 14.2 Å². The van der Waals surface area contributed by atoms with Crippen molar-refractivity contribution in [3.05, 3.63) is 77.9 Å². The second-order valence-electron chi connectivity index (χ2n) is 5.34. The third-order valence-corrected chi connectivity index (χ3v) is 3.99. The van der Waals surface area contributed by atoms with Gasteiger partial charge in [0.25, 0.3) is 0 Å². The first kappa shape index (κ1) is 15.1. The Bertz CT molecular complexity index is 822. The summed E-state index contributed by atoms with van der Waals surface area (Å²) in [5, 5.41) is 2.25. The summed E-state index contributed by atoms with van der Waals surface area (Å²) in [5.41, 5.74) is 1.80. The number of methoxy groups -OCH3 is 2. The molecular weight excluding hydrogens is 288 g/mol. The van der Waals surface area contributed by atoms with E-state index in [9.17, 15) is 4.79 Å². The van der Waals surface area contributed by atoms with Crippen LogP contribution in [0.4, 0.5) is 0 Å². The van der Waals surface area contributed by atoms with Crippen LogP contribution in [0, 0.1) is 0 Å². The first-order chi connectivity index (χ1) is 11.2. The Morgan fingerprint density at radius 2 is 1.48 bits per heavy atom. The third-order valence-electron chi connectivity index (χ3n) is 3.99. The third kappa shape index (κ3) is 3.04. The van der Waals surface area contributed by atoms with E-state index >= 15 is 0 Å². The molecule has 23 heavy (non-hydrogen) atoms. The minimum atomic E-state index is -0.449. The first-order valence-corrected chi connectivity index (χ1v) is 7.43. The van der Waals surface area contributed by atoms with Gasteiger partial charge in [-0.3, -0.25) is 4.79 Å². The standard InChI is InChI=1S/C20H18O3/c1-22-18-11-9-15(10-12-18)19(20(21)23-2)17-8-7-14-5-3-4-6-16(14)13-17/h3-13,19H,1-2H3. The highest BCUT2D eigenvalue weighted by Gasteiger charge is 2.23. The molecular formula is C20H18O3. The molecule has 0 heterocycles. The van der Waals surface area contributed by atoms with Crippen molar-refractivity contribution in [1.29, 1.82) is 0 Å². The van der Waals surface area contributed by atoms with Crippen molar-refractivity contribution in [2.24, 2.45) is 0 Å². The highest BCUT2D eigenvalue weighted by atomic mass is 16.5. The van der Waals surface area contributed by atoms with E-state index in [2.05, 4.69) is 6.07 Å². The summed E-state index contributed by atoms with van der Waals surface area (Å²) in [7, 11) is 3.04. The SMILES string of the molecule is COC(=O)C(c1ccc(OC)cc1)c1ccc2ccccc2c1. The molecule has 0 aromatic heterocycles. The van der Waals surface area contributed by atoms with Crippen LogP contribution in [0.5, 0.6) is 5.75 Å². The maximum Gasteiger partial charge on any atom is 0.317 e. The molecule has 0 aliphatic rings. The number of hydrogen-bond acceptors (Lipinski definition) is 3. The molecule has 3 aromatic rings. The molecule has 0 amide bonds. The van der Waals surface area contributed by atoms with Crippen LogP contribution in [0.15, 0.2) is 66.7 Å². The van der Waals surface area contributed by atoms with Crippen LogP contribution in [0.3, 0.4) is 0 Å². The zero-order valence-electron chi connectivity index (χ0n) is 13.2. The van der Waals surface area contributed by atoms with Crippen LogP contribution >= 0.6 is 0 Å². The van der Waals surface area contributed by atoms with Crippen molar-refractivity contribution in [3.63, 3.8) is 0 Å². The molecule has 0 bridgehead atoms. The van der Waals surface area contributed by atoms with Gasteiger partial charge >= 0.3 is 5.97 Å². The number of rotatable bonds is 4. The van der Waals surface area contributed by atoms with E-state index in [0.717, 1.165) is 27.6 Å². The van der Waals surface area contributed by atoms with E-state index in [-0.39, 0.29) is 5.97 Å². The lowest BCUT2D eigenvalue weighted by atomic mass is 9.90. The Hall–Kier alpha value is -2.81. The quantitative estimate of drug-likeness (QED) is 0.679. The molecule has 0 radical (unpaired) electrons. The fraction of sp³-hybridized carbons (Fsp3) is 0.150. The van der Waals surface area contributed by atoms with Crippen LogP contribution < -0.4 is 4.74 Å². The summed E-state index contributed by atoms with van der Waals surface area (Å²) < 4.78 is 10.2. The molecule has 3 rings (SSSR count). The molecule has 3 nitrogen and oxygen atoms in total. The average molecular weight is 306 g/mol. The number of fused-ring (bicyclic) bond motifs is 1. The monoisotopic (exact) mass is 306 g/mol. The van der Waals surface area contributed by atoms with E-state index in [0.29, 0.717) is 0 Å². The number of hydrogen-bond donors (Lipinski definition) is 0. The maximum absolute atomic E-state index is 12.3. The molecule has 0 fully saturated rings. The van der Waals surface area contributed by atoms with Crippen LogP contribution in [0.1, 0.15) is 17.0 Å². The normalized spacial score (nSPS) is 11.9. The van der Waals surface area contributed by atoms with Gasteiger partial charge in [0.2, 0.25) is 0 Å². The number of carbonyl (C=O) groups is 1. The largest absolute Gasteiger partial charge is 0.497 e. The highest BCUT2D eigenvalue weighted by Crippen LogP contribution is 2.29. The fourth-order valence-electron chi connectivity index (χ4n) is 2.77. The summed E-state index contributed by atoms with van der Waals surface area (Å²) in [4.78, 5) is 12.3. The Labute approximate surface area is 135 Å². The molecule has 0 N–H and O–H groups in total. The first-order valence-electron chi connectivity index (χ1n) is 7.43. The number of carbonyl (C=O) groups excluding carboxylic acids is 1. The molecule has 1 atom stereocenters. The summed E-state index contributed by atoms with van der Waals surface area (Å²) >= 11 is 0. The van der Waals surface area contributed by atoms with Gasteiger partial charge in [-0.25, -0.2) is 0 Å². The van der Waals surface area contributed by atoms with Crippen molar-refractivity contribution in [1.82, 2.24) is 0 Å². The molecule has 0 spiro atoms. The van der Waals surface area contributed by atoms with Gasteiger partial charge in [0.15, 0.2) is 0 Å². The van der Waals surface area contributed by atoms with Gasteiger partial charge in [-0.05, 0) is 40.1 Å². The van der Waals surface area contributed by atoms with Crippen LogP contribution in [-0.2, 0) is 9.53 Å². The second kappa shape index (κ2) is 6.53. The zero-order valence-corrected chi connectivity index (χ0v) is 13.2. The van der Waals surface area contributed by atoms with Crippen molar-refractivity contribution >= 4 is 16.7 Å². The van der Waals surface area contributed by atoms with Crippen molar-refractivity contribution < 1.29 is 14.3 Å². The van der Waals surface area contributed by atoms with Gasteiger partial charge in [-0.1, -0.05) is 48.5 Å². The smallest absolute Gasteiger partial charge is 0.317 e. The predicted molar refractivity (Wildman–Crippen MR) is 90.8 cm³/mol. The predicted octanol–water partition coefficient (Wildman–Crippen LogP) is 4.15. The fourth-order valence-corrected chi connectivity index (χ4v) is 2.77. The summed E-state index contributed by atoms with van der Waals surface area (Å²) in [6.45, 7) is 0. The maximum atomic E-state index is 12.3. The Kier molecular flexibility index (Phi) is 4.29. The minimum absolute atomic E-state index is 0.273. The topological polar surface area (TPSA) is 35.5 Å². The van der Waals surface area contributed by atoms with Crippen LogP contribution in [0.2, 0.25) is 0 Å². The summed E-state index contributed by atoms with van der Waals surface area (Å²) in [5.74, 6) is 0.0387. The second-order valence-corrected chi connectivity index (χ2v) is 5.34. The summed E-state index contributed by atoms with van der Waals surface area (Å²) in [6, 6.07) is 21.7. The number of esters is 1. The van der Waals surface area contributed by atoms with Crippen molar-refractivity contribution in [2.75, 3.05) is 14.2 Å². The van der Waals surface area contributed by atoms with Gasteiger partial charge in [0, 0.05) is 0 Å². The highest BCUT2D eigenvalue weighted by molar-refractivity contribution is 5.87. The molecule has 3 heteroatoms. The average Bonchev–Trinajstić information content (AvgIpc) is 2.62. The molecule has 0 saturated heterocycles. The van der Waals surface area contributed by atoms with Crippen LogP contribution in [-0.4, -0.2) is 20.2 Å². The van der Waals surface area contributed by atoms with E-state index in [1.54, 1.807) is 7.11 Å². The van der Waals surface area contributed by atoms with Crippen molar-refractivity contribution in [3.8, 4) is 5.75 Å². The Morgan fingerprint density at radius 3 is 2.13 bits per heavy atom. The lowest BCUT2D eigenvalue weighted by molar-refractivity contribution is -0.141. The summed E-state index contributed by atoms with van der Waals surface area (Å²) in [6.07, 6.45) is 0. The molecule has 116 valence electrons. The number of ether oxygens (including phenoxy) is 2. The van der Waals surface area contributed by atoms with Gasteiger partial charge in [0.1, 0.15) is 11.7 Å². The molecule has 1 unspecified atom stereocenters. The number of benzene rings is 3. The zero-order chi connectivity index (χ0) is 16.2. The van der Waals surface area contributed by atoms with E-state index in [1.807, 2.05) is 60.7 Å². The van der Waals surface area contributed by atoms with E-state index in [1.165, 1.54) is 7.11 Å². The molecule has 0 aliphatic carbocycles. The van der Waals surface area contributed by atoms with Gasteiger partial charge in [-0.15, -0.1) is 0 Å². The Morgan fingerprint density at radius 1 is 0.826 bits per heavy atom.